The Hall–Kier alpha value is -1.32. The summed E-state index contributed by atoms with van der Waals surface area (Å²) in [5.41, 5.74) is 2.00. The molecule has 4 heteroatoms. The van der Waals surface area contributed by atoms with Crippen LogP contribution < -0.4 is 5.32 Å². The third-order valence-corrected chi connectivity index (χ3v) is 4.70. The van der Waals surface area contributed by atoms with Crippen LogP contribution in [0.5, 0.6) is 0 Å². The first-order valence-corrected chi connectivity index (χ1v) is 8.83. The van der Waals surface area contributed by atoms with Gasteiger partial charge in [0.15, 0.2) is 0 Å². The Balaban J connectivity index is 1.67. The van der Waals surface area contributed by atoms with Crippen LogP contribution in [0.2, 0.25) is 5.02 Å². The van der Waals surface area contributed by atoms with E-state index < -0.39 is 0 Å². The second kappa shape index (κ2) is 8.17. The molecule has 1 heterocycles. The highest BCUT2D eigenvalue weighted by Crippen LogP contribution is 2.34. The van der Waals surface area contributed by atoms with Gasteiger partial charge in [0.05, 0.1) is 5.52 Å². The molecule has 5 radical (unpaired) electrons. The highest BCUT2D eigenvalue weighted by molar-refractivity contribution is 6.31. The Morgan fingerprint density at radius 1 is 1.08 bits per heavy atom. The first-order chi connectivity index (χ1) is 11.7. The van der Waals surface area contributed by atoms with E-state index in [0.717, 1.165) is 42.8 Å². The molecule has 0 atom stereocenters. The maximum absolute atomic E-state index is 6.06. The number of rotatable bonds is 7. The summed E-state index contributed by atoms with van der Waals surface area (Å²) in [6.07, 6.45) is 8.38. The molecule has 2 aromatic rings. The van der Waals surface area contributed by atoms with Crippen LogP contribution in [-0.4, -0.2) is 36.1 Å². The van der Waals surface area contributed by atoms with E-state index in [1.54, 1.807) is 0 Å². The Kier molecular flexibility index (Phi) is 5.96. The van der Waals surface area contributed by atoms with Crippen molar-refractivity contribution in [3.63, 3.8) is 0 Å². The van der Waals surface area contributed by atoms with Crippen molar-refractivity contribution in [2.45, 2.75) is 13.8 Å². The van der Waals surface area contributed by atoms with Gasteiger partial charge in [-0.1, -0.05) is 25.4 Å². The lowest BCUT2D eigenvalue weighted by molar-refractivity contribution is 0.318. The van der Waals surface area contributed by atoms with E-state index in [2.05, 4.69) is 48.3 Å². The minimum absolute atomic E-state index is 0.713. The largest absolute Gasteiger partial charge is 0.384 e. The molecule has 0 bridgehead atoms. The molecule has 0 saturated heterocycles. The van der Waals surface area contributed by atoms with Gasteiger partial charge in [0.2, 0.25) is 0 Å². The van der Waals surface area contributed by atoms with Crippen LogP contribution in [-0.2, 0) is 0 Å². The van der Waals surface area contributed by atoms with Crippen LogP contribution in [0.25, 0.3) is 10.9 Å². The quantitative estimate of drug-likeness (QED) is 0.808. The molecule has 3 nitrogen and oxygen atoms in total. The Morgan fingerprint density at radius 2 is 1.88 bits per heavy atom. The number of anilines is 1. The summed E-state index contributed by atoms with van der Waals surface area (Å²) in [6, 6.07) is 7.85. The van der Waals surface area contributed by atoms with Gasteiger partial charge in [0.1, 0.15) is 0 Å². The van der Waals surface area contributed by atoms with Crippen LogP contribution in [0.3, 0.4) is 0 Å². The number of hydrogen-bond acceptors (Lipinski definition) is 3. The summed E-state index contributed by atoms with van der Waals surface area (Å²) < 4.78 is 0. The van der Waals surface area contributed by atoms with Crippen molar-refractivity contribution in [3.05, 3.63) is 66.6 Å². The van der Waals surface area contributed by atoms with Gasteiger partial charge in [-0.15, -0.1) is 0 Å². The molecular weight excluding hydrogens is 318 g/mol. The minimum Gasteiger partial charge on any atom is -0.384 e. The number of benzene rings is 1. The predicted octanol–water partition coefficient (Wildman–Crippen LogP) is 4.42. The molecular formula is C20H23ClN3. The highest BCUT2D eigenvalue weighted by atomic mass is 35.5. The van der Waals surface area contributed by atoms with E-state index in [1.807, 2.05) is 30.5 Å². The smallest absolute Gasteiger partial charge is 0.0737 e. The van der Waals surface area contributed by atoms with Gasteiger partial charge in [0.25, 0.3) is 0 Å². The van der Waals surface area contributed by atoms with Crippen molar-refractivity contribution in [3.8, 4) is 0 Å². The summed E-state index contributed by atoms with van der Waals surface area (Å²) in [6.45, 7) is 8.38. The fraction of sp³-hybridized carbons (Fsp3) is 0.300. The SMILES string of the molecule is CCN(CC)C[C]1[CH][CH][CH][C]1CNc1ccnc2cc(Cl)ccc12. The van der Waals surface area contributed by atoms with Crippen molar-refractivity contribution in [1.29, 1.82) is 0 Å². The second-order valence-electron chi connectivity index (χ2n) is 5.91. The van der Waals surface area contributed by atoms with Gasteiger partial charge < -0.3 is 10.2 Å². The molecule has 24 heavy (non-hydrogen) atoms. The summed E-state index contributed by atoms with van der Waals surface area (Å²) >= 11 is 6.06. The van der Waals surface area contributed by atoms with Crippen molar-refractivity contribution >= 4 is 28.2 Å². The molecule has 0 unspecified atom stereocenters. The standard InChI is InChI=1S/C20H23ClN3/c1-3-24(4-2)14-16-7-5-6-15(16)13-23-19-10-11-22-20-12-17(21)8-9-18(19)20/h5-12H,3-4,13-14H2,1-2H3,(H,22,23). The molecule has 1 aromatic carbocycles. The average molecular weight is 341 g/mol. The molecule has 1 N–H and O–H groups in total. The fourth-order valence-electron chi connectivity index (χ4n) is 2.98. The number of halogens is 1. The maximum Gasteiger partial charge on any atom is 0.0737 e. The lowest BCUT2D eigenvalue weighted by atomic mass is 9.95. The number of hydrogen-bond donors (Lipinski definition) is 1. The van der Waals surface area contributed by atoms with E-state index in [1.165, 1.54) is 11.8 Å². The van der Waals surface area contributed by atoms with Crippen molar-refractivity contribution in [1.82, 2.24) is 9.88 Å². The molecule has 0 amide bonds. The second-order valence-corrected chi connectivity index (χ2v) is 6.35. The summed E-state index contributed by atoms with van der Waals surface area (Å²) in [7, 11) is 0. The van der Waals surface area contributed by atoms with E-state index in [-0.39, 0.29) is 0 Å². The molecule has 1 aromatic heterocycles. The van der Waals surface area contributed by atoms with Crippen LogP contribution >= 0.6 is 11.6 Å². The van der Waals surface area contributed by atoms with Crippen molar-refractivity contribution in [2.75, 3.05) is 31.5 Å². The van der Waals surface area contributed by atoms with Crippen molar-refractivity contribution < 1.29 is 0 Å². The molecule has 0 aliphatic heterocycles. The van der Waals surface area contributed by atoms with Crippen LogP contribution in [0.1, 0.15) is 13.8 Å². The van der Waals surface area contributed by atoms with Crippen molar-refractivity contribution in [2.24, 2.45) is 0 Å². The maximum atomic E-state index is 6.06. The first-order valence-electron chi connectivity index (χ1n) is 8.45. The lowest BCUT2D eigenvalue weighted by Crippen LogP contribution is -2.31. The lowest BCUT2D eigenvalue weighted by Gasteiger charge is -2.26. The molecule has 0 spiro atoms. The first kappa shape index (κ1) is 17.5. The molecule has 125 valence electrons. The van der Waals surface area contributed by atoms with Gasteiger partial charge in [-0.25, -0.2) is 0 Å². The monoisotopic (exact) mass is 340 g/mol. The van der Waals surface area contributed by atoms with E-state index in [4.69, 9.17) is 11.6 Å². The predicted molar refractivity (Wildman–Crippen MR) is 102 cm³/mol. The Morgan fingerprint density at radius 3 is 2.67 bits per heavy atom. The number of nitrogens with zero attached hydrogens (tertiary/aromatic N) is 2. The molecule has 1 aliphatic rings. The molecule has 3 rings (SSSR count). The zero-order chi connectivity index (χ0) is 16.9. The number of nitrogens with one attached hydrogen (secondary N) is 1. The third-order valence-electron chi connectivity index (χ3n) is 4.47. The third kappa shape index (κ3) is 4.01. The van der Waals surface area contributed by atoms with Gasteiger partial charge in [-0.2, -0.15) is 0 Å². The molecule has 1 saturated carbocycles. The highest BCUT2D eigenvalue weighted by Gasteiger charge is 2.30. The van der Waals surface area contributed by atoms with E-state index in [0.29, 0.717) is 5.02 Å². The van der Waals surface area contributed by atoms with Crippen LogP contribution in [0.4, 0.5) is 5.69 Å². The number of fused-ring (bicyclic) bond motifs is 1. The minimum atomic E-state index is 0.713. The topological polar surface area (TPSA) is 28.2 Å². The van der Waals surface area contributed by atoms with Crippen LogP contribution in [0, 0.1) is 31.1 Å². The zero-order valence-corrected chi connectivity index (χ0v) is 15.0. The molecule has 1 aliphatic carbocycles. The molecule has 1 fully saturated rings. The Labute approximate surface area is 150 Å². The van der Waals surface area contributed by atoms with Gasteiger partial charge in [-0.05, 0) is 56.6 Å². The summed E-state index contributed by atoms with van der Waals surface area (Å²) in [5, 5.41) is 5.37. The number of pyridine rings is 1. The van der Waals surface area contributed by atoms with E-state index in [9.17, 15) is 0 Å². The van der Waals surface area contributed by atoms with Gasteiger partial charge in [-0.3, -0.25) is 4.98 Å². The summed E-state index contributed by atoms with van der Waals surface area (Å²) in [5.74, 6) is 2.74. The zero-order valence-electron chi connectivity index (χ0n) is 14.2. The summed E-state index contributed by atoms with van der Waals surface area (Å²) in [4.78, 5) is 6.83. The normalized spacial score (nSPS) is 16.3. The van der Waals surface area contributed by atoms with Gasteiger partial charge >= 0.3 is 0 Å². The van der Waals surface area contributed by atoms with Crippen LogP contribution in [0.15, 0.2) is 30.5 Å². The fourth-order valence-corrected chi connectivity index (χ4v) is 3.14. The number of aromatic nitrogens is 1. The van der Waals surface area contributed by atoms with E-state index >= 15 is 0 Å². The Bertz CT molecular complexity index is 669. The average Bonchev–Trinajstić information content (AvgIpc) is 3.04. The van der Waals surface area contributed by atoms with Gasteiger partial charge in [0, 0.05) is 47.2 Å².